The number of carbonyl (C=O) groups is 1. The molecule has 0 spiro atoms. The maximum absolute atomic E-state index is 13.4. The Kier molecular flexibility index (Phi) is 4.71. The van der Waals surface area contributed by atoms with E-state index in [1.807, 2.05) is 84.9 Å². The van der Waals surface area contributed by atoms with Crippen LogP contribution >= 0.6 is 0 Å². The van der Waals surface area contributed by atoms with Gasteiger partial charge in [0, 0.05) is 11.1 Å². The Morgan fingerprint density at radius 1 is 0.889 bits per heavy atom. The van der Waals surface area contributed by atoms with Crippen molar-refractivity contribution in [3.8, 4) is 5.75 Å². The highest BCUT2D eigenvalue weighted by atomic mass is 16.6. The zero-order valence-electron chi connectivity index (χ0n) is 14.9. The number of Topliss-reactive ketones (excluding diaryl/α,β-unsaturated/α-hetero) is 1. The van der Waals surface area contributed by atoms with E-state index >= 15 is 0 Å². The smallest absolute Gasteiger partial charge is 0.176 e. The summed E-state index contributed by atoms with van der Waals surface area (Å²) in [5, 5.41) is 4.30. The lowest BCUT2D eigenvalue weighted by Crippen LogP contribution is -2.27. The van der Waals surface area contributed by atoms with Gasteiger partial charge in [-0.25, -0.2) is 0 Å². The van der Waals surface area contributed by atoms with Crippen molar-refractivity contribution in [1.82, 2.24) is 0 Å². The van der Waals surface area contributed by atoms with Crippen molar-refractivity contribution in [2.75, 3.05) is 7.11 Å². The highest BCUT2D eigenvalue weighted by molar-refractivity contribution is 6.19. The Morgan fingerprint density at radius 3 is 2.15 bits per heavy atom. The number of methoxy groups -OCH3 is 1. The second kappa shape index (κ2) is 7.46. The van der Waals surface area contributed by atoms with Gasteiger partial charge in [0.25, 0.3) is 0 Å². The first-order valence-corrected chi connectivity index (χ1v) is 8.80. The number of ether oxygens (including phenoxy) is 1. The van der Waals surface area contributed by atoms with Crippen LogP contribution in [0.15, 0.2) is 90.1 Å². The predicted octanol–water partition coefficient (Wildman–Crippen LogP) is 4.67. The molecule has 0 aromatic heterocycles. The zero-order chi connectivity index (χ0) is 18.6. The van der Waals surface area contributed by atoms with Crippen molar-refractivity contribution in [3.05, 3.63) is 102 Å². The van der Waals surface area contributed by atoms with E-state index in [0.29, 0.717) is 11.3 Å². The molecule has 0 radical (unpaired) electrons. The van der Waals surface area contributed by atoms with Gasteiger partial charge in [-0.1, -0.05) is 65.8 Å². The summed E-state index contributed by atoms with van der Waals surface area (Å²) in [6.07, 6.45) is -0.448. The number of ketones is 1. The molecule has 1 aliphatic rings. The number of oxime groups is 1. The third kappa shape index (κ3) is 3.34. The number of rotatable bonds is 5. The van der Waals surface area contributed by atoms with Crippen molar-refractivity contribution in [1.29, 1.82) is 0 Å². The van der Waals surface area contributed by atoms with E-state index in [1.165, 1.54) is 0 Å². The number of hydrogen-bond acceptors (Lipinski definition) is 4. The van der Waals surface area contributed by atoms with Crippen LogP contribution in [-0.4, -0.2) is 18.6 Å². The standard InChI is InChI=1S/C23H19NO3/c1-26-19-14-12-16(13-15-19)21-20(22(25)17-8-4-2-5-9-17)23(27-24-21)18-10-6-3-7-11-18/h2-15,20,23H,1H3/t20-,23+/m0/s1. The molecule has 1 aliphatic heterocycles. The van der Waals surface area contributed by atoms with Gasteiger partial charge in [0.2, 0.25) is 0 Å². The lowest BCUT2D eigenvalue weighted by Gasteiger charge is -2.18. The number of nitrogens with zero attached hydrogens (tertiary/aromatic N) is 1. The normalized spacial score (nSPS) is 18.5. The number of hydrogen-bond donors (Lipinski definition) is 0. The molecule has 0 bridgehead atoms. The van der Waals surface area contributed by atoms with Crippen LogP contribution in [0.3, 0.4) is 0 Å². The highest BCUT2D eigenvalue weighted by Gasteiger charge is 2.41. The monoisotopic (exact) mass is 357 g/mol. The first kappa shape index (κ1) is 17.0. The third-order valence-corrected chi connectivity index (χ3v) is 4.72. The third-order valence-electron chi connectivity index (χ3n) is 4.72. The van der Waals surface area contributed by atoms with Gasteiger partial charge < -0.3 is 9.57 Å². The molecule has 0 saturated heterocycles. The summed E-state index contributed by atoms with van der Waals surface area (Å²) in [5.41, 5.74) is 3.07. The number of carbonyl (C=O) groups excluding carboxylic acids is 1. The quantitative estimate of drug-likeness (QED) is 0.624. The van der Waals surface area contributed by atoms with Crippen molar-refractivity contribution in [3.63, 3.8) is 0 Å². The van der Waals surface area contributed by atoms with Gasteiger partial charge in [-0.15, -0.1) is 0 Å². The fourth-order valence-corrected chi connectivity index (χ4v) is 3.31. The topological polar surface area (TPSA) is 47.9 Å². The van der Waals surface area contributed by atoms with Crippen LogP contribution in [0.4, 0.5) is 0 Å². The minimum absolute atomic E-state index is 0.00322. The summed E-state index contributed by atoms with van der Waals surface area (Å²) in [6.45, 7) is 0. The van der Waals surface area contributed by atoms with E-state index in [2.05, 4.69) is 5.16 Å². The van der Waals surface area contributed by atoms with Gasteiger partial charge in [0.05, 0.1) is 7.11 Å². The molecule has 3 aromatic rings. The lowest BCUT2D eigenvalue weighted by molar-refractivity contribution is 0.0533. The van der Waals surface area contributed by atoms with Gasteiger partial charge in [-0.05, 0) is 29.8 Å². The predicted molar refractivity (Wildman–Crippen MR) is 104 cm³/mol. The lowest BCUT2D eigenvalue weighted by atomic mass is 9.83. The molecule has 4 heteroatoms. The van der Waals surface area contributed by atoms with Crippen LogP contribution in [0.5, 0.6) is 5.75 Å². The molecule has 2 atom stereocenters. The molecule has 3 aromatic carbocycles. The summed E-state index contributed by atoms with van der Waals surface area (Å²) in [5.74, 6) is 0.239. The fourth-order valence-electron chi connectivity index (χ4n) is 3.31. The Balaban J connectivity index is 1.74. The summed E-state index contributed by atoms with van der Waals surface area (Å²) >= 11 is 0. The molecule has 134 valence electrons. The van der Waals surface area contributed by atoms with Crippen LogP contribution in [0.25, 0.3) is 0 Å². The van der Waals surface area contributed by atoms with Gasteiger partial charge in [0.15, 0.2) is 11.9 Å². The zero-order valence-corrected chi connectivity index (χ0v) is 14.9. The molecule has 0 amide bonds. The maximum Gasteiger partial charge on any atom is 0.176 e. The van der Waals surface area contributed by atoms with E-state index in [-0.39, 0.29) is 5.78 Å². The highest BCUT2D eigenvalue weighted by Crippen LogP contribution is 2.37. The van der Waals surface area contributed by atoms with E-state index in [1.54, 1.807) is 7.11 Å². The Bertz CT molecular complexity index is 950. The molecule has 4 rings (SSSR count). The minimum Gasteiger partial charge on any atom is -0.497 e. The van der Waals surface area contributed by atoms with Crippen molar-refractivity contribution in [2.45, 2.75) is 6.10 Å². The van der Waals surface area contributed by atoms with Crippen molar-refractivity contribution >= 4 is 11.5 Å². The Hall–Kier alpha value is -3.40. The first-order valence-electron chi connectivity index (χ1n) is 8.80. The van der Waals surface area contributed by atoms with E-state index in [0.717, 1.165) is 16.9 Å². The molecular weight excluding hydrogens is 338 g/mol. The summed E-state index contributed by atoms with van der Waals surface area (Å²) in [6, 6.07) is 26.5. The molecule has 4 nitrogen and oxygen atoms in total. The van der Waals surface area contributed by atoms with Crippen LogP contribution in [-0.2, 0) is 4.84 Å². The second-order valence-electron chi connectivity index (χ2n) is 6.35. The largest absolute Gasteiger partial charge is 0.497 e. The SMILES string of the molecule is COc1ccc(C2=NO[C@H](c3ccccc3)[C@@H]2C(=O)c2ccccc2)cc1. The number of benzene rings is 3. The van der Waals surface area contributed by atoms with Gasteiger partial charge in [0.1, 0.15) is 17.4 Å². The molecule has 0 aliphatic carbocycles. The van der Waals surface area contributed by atoms with Crippen LogP contribution < -0.4 is 4.74 Å². The molecule has 27 heavy (non-hydrogen) atoms. The molecule has 0 saturated carbocycles. The van der Waals surface area contributed by atoms with E-state index < -0.39 is 12.0 Å². The molecule has 0 unspecified atom stereocenters. The molecule has 0 fully saturated rings. The Labute approximate surface area is 158 Å². The second-order valence-corrected chi connectivity index (χ2v) is 6.35. The summed E-state index contributed by atoms with van der Waals surface area (Å²) < 4.78 is 5.23. The van der Waals surface area contributed by atoms with Gasteiger partial charge in [-0.2, -0.15) is 0 Å². The van der Waals surface area contributed by atoms with Crippen LogP contribution in [0.1, 0.15) is 27.6 Å². The average Bonchev–Trinajstić information content (AvgIpc) is 3.19. The molecule has 1 heterocycles. The molecular formula is C23H19NO3. The fraction of sp³-hybridized carbons (Fsp3) is 0.130. The summed E-state index contributed by atoms with van der Waals surface area (Å²) in [4.78, 5) is 19.1. The minimum atomic E-state index is -0.511. The van der Waals surface area contributed by atoms with Crippen molar-refractivity contribution in [2.24, 2.45) is 11.1 Å². The average molecular weight is 357 g/mol. The van der Waals surface area contributed by atoms with E-state index in [9.17, 15) is 4.79 Å². The van der Waals surface area contributed by atoms with Crippen LogP contribution in [0, 0.1) is 5.92 Å². The summed E-state index contributed by atoms with van der Waals surface area (Å²) in [7, 11) is 1.62. The van der Waals surface area contributed by atoms with Gasteiger partial charge in [-0.3, -0.25) is 4.79 Å². The molecule has 0 N–H and O–H groups in total. The maximum atomic E-state index is 13.4. The Morgan fingerprint density at radius 2 is 1.52 bits per heavy atom. The van der Waals surface area contributed by atoms with Crippen molar-refractivity contribution < 1.29 is 14.4 Å². The van der Waals surface area contributed by atoms with Gasteiger partial charge >= 0.3 is 0 Å². The first-order chi connectivity index (χ1) is 13.3. The van der Waals surface area contributed by atoms with Crippen LogP contribution in [0.2, 0.25) is 0 Å². The van der Waals surface area contributed by atoms with E-state index in [4.69, 9.17) is 9.57 Å².